The molecule has 0 radical (unpaired) electrons. The first-order valence-corrected chi connectivity index (χ1v) is 7.15. The highest BCUT2D eigenvalue weighted by molar-refractivity contribution is 6.30. The van der Waals surface area contributed by atoms with Crippen LogP contribution in [0, 0.1) is 5.82 Å². The van der Waals surface area contributed by atoms with Crippen molar-refractivity contribution < 1.29 is 13.9 Å². The summed E-state index contributed by atoms with van der Waals surface area (Å²) in [6.45, 7) is 0.544. The van der Waals surface area contributed by atoms with E-state index in [1.54, 1.807) is 36.4 Å². The summed E-state index contributed by atoms with van der Waals surface area (Å²) in [7, 11) is 0. The minimum atomic E-state index is -0.299. The van der Waals surface area contributed by atoms with Crippen LogP contribution in [-0.2, 0) is 11.3 Å². The molecular formula is C17H13ClFNO2. The number of fused-ring (bicyclic) bond motifs is 1. The van der Waals surface area contributed by atoms with Gasteiger partial charge in [-0.05, 0) is 42.0 Å². The Balaban J connectivity index is 1.69. The lowest BCUT2D eigenvalue weighted by Crippen LogP contribution is -2.28. The number of carbonyl (C=O) groups excluding carboxylic acids is 1. The molecule has 112 valence electrons. The van der Waals surface area contributed by atoms with Crippen LogP contribution < -0.4 is 10.1 Å². The first kappa shape index (κ1) is 14.6. The van der Waals surface area contributed by atoms with Crippen LogP contribution >= 0.6 is 11.6 Å². The van der Waals surface area contributed by atoms with Crippen molar-refractivity contribution >= 4 is 23.6 Å². The van der Waals surface area contributed by atoms with Crippen molar-refractivity contribution in [3.63, 3.8) is 0 Å². The first-order valence-electron chi connectivity index (χ1n) is 6.77. The normalized spacial score (nSPS) is 12.9. The van der Waals surface area contributed by atoms with E-state index >= 15 is 0 Å². The van der Waals surface area contributed by atoms with Crippen molar-refractivity contribution in [2.45, 2.75) is 6.54 Å². The molecule has 0 atom stereocenters. The molecule has 1 N–H and O–H groups in total. The topological polar surface area (TPSA) is 38.3 Å². The zero-order valence-electron chi connectivity index (χ0n) is 11.6. The number of hydrogen-bond donors (Lipinski definition) is 1. The molecule has 0 saturated carbocycles. The van der Waals surface area contributed by atoms with Crippen LogP contribution in [0.1, 0.15) is 11.1 Å². The maximum Gasteiger partial charge on any atom is 0.250 e. The van der Waals surface area contributed by atoms with Gasteiger partial charge in [-0.25, -0.2) is 4.39 Å². The van der Waals surface area contributed by atoms with E-state index in [9.17, 15) is 9.18 Å². The molecule has 1 amide bonds. The quantitative estimate of drug-likeness (QED) is 0.940. The van der Waals surface area contributed by atoms with Crippen molar-refractivity contribution in [1.29, 1.82) is 0 Å². The SMILES string of the molecule is O=C(NCc1ccc(F)cc1)C1=Cc2cc(Cl)ccc2OC1. The molecule has 0 spiro atoms. The van der Waals surface area contributed by atoms with Crippen LogP contribution in [0.15, 0.2) is 48.0 Å². The van der Waals surface area contributed by atoms with Crippen molar-refractivity contribution in [1.82, 2.24) is 5.32 Å². The van der Waals surface area contributed by atoms with Crippen LogP contribution in [0.5, 0.6) is 5.75 Å². The Labute approximate surface area is 132 Å². The molecule has 0 bridgehead atoms. The van der Waals surface area contributed by atoms with Crippen molar-refractivity contribution in [2.24, 2.45) is 0 Å². The van der Waals surface area contributed by atoms with Crippen LogP contribution in [0.3, 0.4) is 0 Å². The van der Waals surface area contributed by atoms with Gasteiger partial charge in [-0.15, -0.1) is 0 Å². The average molecular weight is 318 g/mol. The fourth-order valence-corrected chi connectivity index (χ4v) is 2.36. The Morgan fingerprint density at radius 2 is 2.00 bits per heavy atom. The number of hydrogen-bond acceptors (Lipinski definition) is 2. The molecule has 0 unspecified atom stereocenters. The minimum absolute atomic E-state index is 0.212. The lowest BCUT2D eigenvalue weighted by molar-refractivity contribution is -0.117. The third kappa shape index (κ3) is 3.28. The summed E-state index contributed by atoms with van der Waals surface area (Å²) in [5.41, 5.74) is 2.14. The Kier molecular flexibility index (Phi) is 4.11. The number of carbonyl (C=O) groups is 1. The maximum absolute atomic E-state index is 12.8. The molecule has 2 aromatic carbocycles. The molecule has 3 nitrogen and oxygen atoms in total. The summed E-state index contributed by atoms with van der Waals surface area (Å²) < 4.78 is 18.4. The average Bonchev–Trinajstić information content (AvgIpc) is 2.53. The second-order valence-electron chi connectivity index (χ2n) is 4.95. The predicted octanol–water partition coefficient (Wildman–Crippen LogP) is 3.57. The molecule has 0 aliphatic carbocycles. The van der Waals surface area contributed by atoms with Crippen molar-refractivity contribution in [2.75, 3.05) is 6.61 Å². The van der Waals surface area contributed by atoms with E-state index in [0.717, 1.165) is 11.1 Å². The van der Waals surface area contributed by atoms with E-state index < -0.39 is 0 Å². The Morgan fingerprint density at radius 3 is 2.77 bits per heavy atom. The number of benzene rings is 2. The van der Waals surface area contributed by atoms with Gasteiger partial charge in [0.05, 0.1) is 5.57 Å². The van der Waals surface area contributed by atoms with Crippen LogP contribution in [0.25, 0.3) is 6.08 Å². The molecule has 1 heterocycles. The van der Waals surface area contributed by atoms with Gasteiger partial charge in [0, 0.05) is 17.1 Å². The molecule has 5 heteroatoms. The molecule has 3 rings (SSSR count). The zero-order valence-corrected chi connectivity index (χ0v) is 12.4. The highest BCUT2D eigenvalue weighted by atomic mass is 35.5. The molecule has 22 heavy (non-hydrogen) atoms. The number of halogens is 2. The van der Waals surface area contributed by atoms with E-state index in [1.165, 1.54) is 12.1 Å². The molecule has 1 aliphatic heterocycles. The van der Waals surface area contributed by atoms with Gasteiger partial charge in [-0.3, -0.25) is 4.79 Å². The summed E-state index contributed by atoms with van der Waals surface area (Å²) in [5.74, 6) is 0.196. The van der Waals surface area contributed by atoms with E-state index in [0.29, 0.717) is 22.9 Å². The van der Waals surface area contributed by atoms with Crippen LogP contribution in [0.4, 0.5) is 4.39 Å². The van der Waals surface area contributed by atoms with Gasteiger partial charge in [-0.1, -0.05) is 23.7 Å². The van der Waals surface area contributed by atoms with Gasteiger partial charge in [0.2, 0.25) is 0 Å². The van der Waals surface area contributed by atoms with Gasteiger partial charge in [0.25, 0.3) is 5.91 Å². The molecule has 0 aromatic heterocycles. The van der Waals surface area contributed by atoms with Crippen molar-refractivity contribution in [3.8, 4) is 5.75 Å². The van der Waals surface area contributed by atoms with Gasteiger partial charge in [-0.2, -0.15) is 0 Å². The highest BCUT2D eigenvalue weighted by Crippen LogP contribution is 2.28. The Morgan fingerprint density at radius 1 is 1.23 bits per heavy atom. The summed E-state index contributed by atoms with van der Waals surface area (Å²) in [6, 6.07) is 11.3. The summed E-state index contributed by atoms with van der Waals surface area (Å²) in [6.07, 6.45) is 1.77. The zero-order chi connectivity index (χ0) is 15.5. The number of rotatable bonds is 3. The Hall–Kier alpha value is -2.33. The number of nitrogens with one attached hydrogen (secondary N) is 1. The van der Waals surface area contributed by atoms with Gasteiger partial charge < -0.3 is 10.1 Å². The second-order valence-corrected chi connectivity index (χ2v) is 5.39. The number of ether oxygens (including phenoxy) is 1. The summed E-state index contributed by atoms with van der Waals surface area (Å²) >= 11 is 5.94. The molecule has 2 aromatic rings. The van der Waals surface area contributed by atoms with Gasteiger partial charge in [0.1, 0.15) is 18.2 Å². The molecular weight excluding hydrogens is 305 g/mol. The fraction of sp³-hybridized carbons (Fsp3) is 0.118. The minimum Gasteiger partial charge on any atom is -0.488 e. The van der Waals surface area contributed by atoms with Gasteiger partial charge >= 0.3 is 0 Å². The van der Waals surface area contributed by atoms with Gasteiger partial charge in [0.15, 0.2) is 0 Å². The lowest BCUT2D eigenvalue weighted by atomic mass is 10.1. The maximum atomic E-state index is 12.8. The predicted molar refractivity (Wildman–Crippen MR) is 83.2 cm³/mol. The fourth-order valence-electron chi connectivity index (χ4n) is 2.18. The van der Waals surface area contributed by atoms with Crippen LogP contribution in [-0.4, -0.2) is 12.5 Å². The summed E-state index contributed by atoms with van der Waals surface area (Å²) in [4.78, 5) is 12.2. The number of amides is 1. The highest BCUT2D eigenvalue weighted by Gasteiger charge is 2.17. The lowest BCUT2D eigenvalue weighted by Gasteiger charge is -2.17. The third-order valence-corrected chi connectivity index (χ3v) is 3.58. The largest absolute Gasteiger partial charge is 0.488 e. The second kappa shape index (κ2) is 6.20. The molecule has 0 saturated heterocycles. The monoisotopic (exact) mass is 317 g/mol. The van der Waals surface area contributed by atoms with E-state index in [1.807, 2.05) is 0 Å². The smallest absolute Gasteiger partial charge is 0.250 e. The summed E-state index contributed by atoms with van der Waals surface area (Å²) in [5, 5.41) is 3.38. The molecule has 0 fully saturated rings. The first-order chi connectivity index (χ1) is 10.6. The van der Waals surface area contributed by atoms with Crippen molar-refractivity contribution in [3.05, 3.63) is 70.0 Å². The van der Waals surface area contributed by atoms with E-state index in [2.05, 4.69) is 5.32 Å². The molecule has 1 aliphatic rings. The van der Waals surface area contributed by atoms with E-state index in [4.69, 9.17) is 16.3 Å². The van der Waals surface area contributed by atoms with E-state index in [-0.39, 0.29) is 18.3 Å². The standard InChI is InChI=1S/C17H13ClFNO2/c18-14-3-6-16-12(8-14)7-13(10-22-16)17(21)20-9-11-1-4-15(19)5-2-11/h1-8H,9-10H2,(H,20,21). The Bertz CT molecular complexity index is 741. The third-order valence-electron chi connectivity index (χ3n) is 3.34. The van der Waals surface area contributed by atoms with Crippen LogP contribution in [0.2, 0.25) is 5.02 Å².